The van der Waals surface area contributed by atoms with Gasteiger partial charge in [-0.1, -0.05) is 18.2 Å². The van der Waals surface area contributed by atoms with Crippen molar-refractivity contribution in [2.24, 2.45) is 0 Å². The summed E-state index contributed by atoms with van der Waals surface area (Å²) >= 11 is 1.66. The van der Waals surface area contributed by atoms with Gasteiger partial charge >= 0.3 is 0 Å². The predicted molar refractivity (Wildman–Crippen MR) is 97.7 cm³/mol. The number of ether oxygens (including phenoxy) is 1. The zero-order valence-electron chi connectivity index (χ0n) is 14.1. The number of methoxy groups -OCH3 is 1. The van der Waals surface area contributed by atoms with Crippen molar-refractivity contribution in [3.63, 3.8) is 0 Å². The average molecular weight is 344 g/mol. The van der Waals surface area contributed by atoms with Crippen LogP contribution in [-0.2, 0) is 17.6 Å². The molecule has 1 aromatic carbocycles. The Morgan fingerprint density at radius 3 is 2.71 bits per heavy atom. The number of benzene rings is 1. The Bertz CT molecular complexity index is 649. The van der Waals surface area contributed by atoms with Crippen LogP contribution in [0, 0.1) is 0 Å². The fourth-order valence-electron chi connectivity index (χ4n) is 3.01. The molecular formula is C19H24N2O2S. The van der Waals surface area contributed by atoms with E-state index in [9.17, 15) is 4.79 Å². The van der Waals surface area contributed by atoms with E-state index in [0.29, 0.717) is 6.42 Å². The molecule has 128 valence electrons. The largest absolute Gasteiger partial charge is 0.497 e. The number of piperazine rings is 1. The van der Waals surface area contributed by atoms with Crippen molar-refractivity contribution in [2.75, 3.05) is 39.8 Å². The number of carbonyl (C=O) groups excluding carboxylic acids is 1. The Kier molecular flexibility index (Phi) is 5.88. The normalized spacial score (nSPS) is 15.5. The summed E-state index contributed by atoms with van der Waals surface area (Å²) in [6, 6.07) is 12.3. The molecule has 0 spiro atoms. The zero-order valence-corrected chi connectivity index (χ0v) is 14.9. The monoisotopic (exact) mass is 344 g/mol. The summed E-state index contributed by atoms with van der Waals surface area (Å²) in [4.78, 5) is 17.9. The third-order valence-corrected chi connectivity index (χ3v) is 5.36. The molecule has 0 N–H and O–H groups in total. The third kappa shape index (κ3) is 4.58. The summed E-state index contributed by atoms with van der Waals surface area (Å²) in [6.45, 7) is 4.62. The van der Waals surface area contributed by atoms with Crippen molar-refractivity contribution >= 4 is 17.2 Å². The molecule has 1 aromatic heterocycles. The molecule has 5 heteroatoms. The summed E-state index contributed by atoms with van der Waals surface area (Å²) in [7, 11) is 1.70. The number of amides is 1. The van der Waals surface area contributed by atoms with Crippen molar-refractivity contribution in [2.45, 2.75) is 12.8 Å². The molecule has 24 heavy (non-hydrogen) atoms. The zero-order chi connectivity index (χ0) is 16.8. The van der Waals surface area contributed by atoms with Crippen molar-refractivity contribution in [1.82, 2.24) is 9.80 Å². The van der Waals surface area contributed by atoms with E-state index < -0.39 is 0 Å². The van der Waals surface area contributed by atoms with E-state index in [1.165, 1.54) is 5.56 Å². The van der Waals surface area contributed by atoms with Gasteiger partial charge in [-0.3, -0.25) is 9.69 Å². The van der Waals surface area contributed by atoms with E-state index in [2.05, 4.69) is 17.0 Å². The molecule has 1 fully saturated rings. The minimum atomic E-state index is 0.255. The fraction of sp³-hybridized carbons (Fsp3) is 0.421. The van der Waals surface area contributed by atoms with Gasteiger partial charge in [0.05, 0.1) is 13.5 Å². The standard InChI is InChI=1S/C19H24N2O2S/c1-23-17-5-2-4-16(14-17)7-8-20-9-11-21(12-10-20)19(22)15-18-6-3-13-24-18/h2-6,13-14H,7-12,15H2,1H3. The Morgan fingerprint density at radius 2 is 2.00 bits per heavy atom. The molecule has 4 nitrogen and oxygen atoms in total. The van der Waals surface area contributed by atoms with Crippen LogP contribution in [0.3, 0.4) is 0 Å². The molecular weight excluding hydrogens is 320 g/mol. The second-order valence-corrected chi connectivity index (χ2v) is 7.11. The highest BCUT2D eigenvalue weighted by atomic mass is 32.1. The smallest absolute Gasteiger partial charge is 0.227 e. The van der Waals surface area contributed by atoms with Crippen molar-refractivity contribution in [1.29, 1.82) is 0 Å². The van der Waals surface area contributed by atoms with Gasteiger partial charge in [-0.15, -0.1) is 11.3 Å². The summed E-state index contributed by atoms with van der Waals surface area (Å²) in [5.41, 5.74) is 1.30. The first kappa shape index (κ1) is 17.0. The maximum atomic E-state index is 12.3. The minimum Gasteiger partial charge on any atom is -0.497 e. The first-order chi connectivity index (χ1) is 11.7. The summed E-state index contributed by atoms with van der Waals surface area (Å²) < 4.78 is 5.27. The highest BCUT2D eigenvalue weighted by Gasteiger charge is 2.21. The van der Waals surface area contributed by atoms with E-state index in [1.807, 2.05) is 34.5 Å². The van der Waals surface area contributed by atoms with Gasteiger partial charge in [0, 0.05) is 37.6 Å². The first-order valence-corrected chi connectivity index (χ1v) is 9.28. The topological polar surface area (TPSA) is 32.8 Å². The van der Waals surface area contributed by atoms with E-state index in [4.69, 9.17) is 4.74 Å². The number of thiophene rings is 1. The van der Waals surface area contributed by atoms with Crippen LogP contribution in [0.15, 0.2) is 41.8 Å². The number of nitrogens with zero attached hydrogens (tertiary/aromatic N) is 2. The van der Waals surface area contributed by atoms with E-state index in [-0.39, 0.29) is 5.91 Å². The lowest BCUT2D eigenvalue weighted by molar-refractivity contribution is -0.132. The maximum absolute atomic E-state index is 12.3. The van der Waals surface area contributed by atoms with Crippen LogP contribution in [0.4, 0.5) is 0 Å². The van der Waals surface area contributed by atoms with E-state index in [1.54, 1.807) is 18.4 Å². The molecule has 0 atom stereocenters. The molecule has 3 rings (SSSR count). The lowest BCUT2D eigenvalue weighted by atomic mass is 10.1. The molecule has 1 aliphatic heterocycles. The molecule has 2 aromatic rings. The molecule has 1 amide bonds. The van der Waals surface area contributed by atoms with Gasteiger partial charge in [-0.05, 0) is 35.6 Å². The van der Waals surface area contributed by atoms with Gasteiger partial charge in [-0.2, -0.15) is 0 Å². The minimum absolute atomic E-state index is 0.255. The lowest BCUT2D eigenvalue weighted by Gasteiger charge is -2.34. The van der Waals surface area contributed by atoms with Crippen LogP contribution in [-0.4, -0.2) is 55.5 Å². The molecule has 0 radical (unpaired) electrons. The molecule has 1 aliphatic rings. The van der Waals surface area contributed by atoms with Crippen LogP contribution in [0.2, 0.25) is 0 Å². The average Bonchev–Trinajstić information content (AvgIpc) is 3.13. The van der Waals surface area contributed by atoms with Crippen LogP contribution in [0.1, 0.15) is 10.4 Å². The lowest BCUT2D eigenvalue weighted by Crippen LogP contribution is -2.49. The number of hydrogen-bond acceptors (Lipinski definition) is 4. The summed E-state index contributed by atoms with van der Waals surface area (Å²) in [5.74, 6) is 1.17. The van der Waals surface area contributed by atoms with E-state index >= 15 is 0 Å². The van der Waals surface area contributed by atoms with Crippen LogP contribution < -0.4 is 4.74 Å². The van der Waals surface area contributed by atoms with Crippen LogP contribution >= 0.6 is 11.3 Å². The number of hydrogen-bond donors (Lipinski definition) is 0. The number of carbonyl (C=O) groups is 1. The molecule has 1 saturated heterocycles. The highest BCUT2D eigenvalue weighted by molar-refractivity contribution is 7.10. The molecule has 0 bridgehead atoms. The molecule has 2 heterocycles. The molecule has 0 saturated carbocycles. The Hall–Kier alpha value is -1.85. The van der Waals surface area contributed by atoms with Gasteiger partial charge in [0.25, 0.3) is 0 Å². The van der Waals surface area contributed by atoms with Gasteiger partial charge in [0.15, 0.2) is 0 Å². The van der Waals surface area contributed by atoms with Gasteiger partial charge in [0.1, 0.15) is 5.75 Å². The Balaban J connectivity index is 1.42. The van der Waals surface area contributed by atoms with Crippen LogP contribution in [0.5, 0.6) is 5.75 Å². The summed E-state index contributed by atoms with van der Waals surface area (Å²) in [5, 5.41) is 2.03. The van der Waals surface area contributed by atoms with Gasteiger partial charge in [0.2, 0.25) is 5.91 Å². The van der Waals surface area contributed by atoms with E-state index in [0.717, 1.165) is 49.8 Å². The Morgan fingerprint density at radius 1 is 1.17 bits per heavy atom. The SMILES string of the molecule is COc1cccc(CCN2CCN(C(=O)Cc3cccs3)CC2)c1. The van der Waals surface area contributed by atoms with Crippen molar-refractivity contribution in [3.8, 4) is 5.75 Å². The molecule has 0 unspecified atom stereocenters. The van der Waals surface area contributed by atoms with Crippen LogP contribution in [0.25, 0.3) is 0 Å². The second-order valence-electron chi connectivity index (χ2n) is 6.08. The highest BCUT2D eigenvalue weighted by Crippen LogP contribution is 2.15. The van der Waals surface area contributed by atoms with Gasteiger partial charge < -0.3 is 9.64 Å². The van der Waals surface area contributed by atoms with Crippen molar-refractivity contribution in [3.05, 3.63) is 52.2 Å². The first-order valence-electron chi connectivity index (χ1n) is 8.40. The summed E-state index contributed by atoms with van der Waals surface area (Å²) in [6.07, 6.45) is 1.56. The fourth-order valence-corrected chi connectivity index (χ4v) is 3.71. The number of rotatable bonds is 6. The molecule has 0 aliphatic carbocycles. The van der Waals surface area contributed by atoms with Crippen molar-refractivity contribution < 1.29 is 9.53 Å². The quantitative estimate of drug-likeness (QED) is 0.808. The second kappa shape index (κ2) is 8.31. The maximum Gasteiger partial charge on any atom is 0.227 e. The third-order valence-electron chi connectivity index (χ3n) is 4.48. The Labute approximate surface area is 147 Å². The van der Waals surface area contributed by atoms with Gasteiger partial charge in [-0.25, -0.2) is 0 Å². The predicted octanol–water partition coefficient (Wildman–Crippen LogP) is 2.69.